The zero-order valence-electron chi connectivity index (χ0n) is 22.9. The van der Waals surface area contributed by atoms with Crippen molar-refractivity contribution in [3.63, 3.8) is 0 Å². The Morgan fingerprint density at radius 1 is 1.14 bits per heavy atom. The molecule has 2 aliphatic heterocycles. The van der Waals surface area contributed by atoms with Crippen LogP contribution in [0.3, 0.4) is 0 Å². The van der Waals surface area contributed by atoms with Crippen molar-refractivity contribution in [3.8, 4) is 0 Å². The normalized spacial score (nSPS) is 45.9. The van der Waals surface area contributed by atoms with Crippen LogP contribution >= 0.6 is 0 Å². The number of guanidine groups is 1. The fourth-order valence-corrected chi connectivity index (χ4v) is 9.59. The first-order valence-corrected chi connectivity index (χ1v) is 15.0. The van der Waals surface area contributed by atoms with E-state index < -0.39 is 5.60 Å². The van der Waals surface area contributed by atoms with Gasteiger partial charge in [0, 0.05) is 24.1 Å². The van der Waals surface area contributed by atoms with Crippen molar-refractivity contribution in [3.05, 3.63) is 0 Å². The summed E-state index contributed by atoms with van der Waals surface area (Å²) in [6.45, 7) is 9.49. The Bertz CT molecular complexity index is 935. The van der Waals surface area contributed by atoms with Crippen molar-refractivity contribution in [2.24, 2.45) is 44.6 Å². The summed E-state index contributed by atoms with van der Waals surface area (Å²) in [4.78, 5) is 18.0. The first-order chi connectivity index (χ1) is 17.8. The third-order valence-electron chi connectivity index (χ3n) is 11.9. The third kappa shape index (κ3) is 4.45. The molecule has 0 unspecified atom stereocenters. The first kappa shape index (κ1) is 25.8. The Kier molecular flexibility index (Phi) is 6.89. The number of carbonyl (C=O) groups is 1. The molecule has 0 aromatic carbocycles. The van der Waals surface area contributed by atoms with Gasteiger partial charge in [-0.25, -0.2) is 10.4 Å². The molecular formula is C29H47N5O3. The van der Waals surface area contributed by atoms with E-state index in [1.54, 1.807) is 0 Å². The number of aliphatic imine (C=N–C) groups is 1. The van der Waals surface area contributed by atoms with E-state index in [1.165, 1.54) is 58.0 Å². The summed E-state index contributed by atoms with van der Waals surface area (Å²) in [6, 6.07) is 0. The van der Waals surface area contributed by atoms with E-state index in [1.807, 2.05) is 6.21 Å². The number of nitrogens with one attached hydrogen (secondary N) is 2. The number of hydrazone groups is 1. The molecule has 206 valence electrons. The van der Waals surface area contributed by atoms with Gasteiger partial charge in [-0.05, 0) is 107 Å². The van der Waals surface area contributed by atoms with Gasteiger partial charge in [0.05, 0.1) is 18.3 Å². The summed E-state index contributed by atoms with van der Waals surface area (Å²) in [5.41, 5.74) is 2.43. The molecule has 0 bridgehead atoms. The Hall–Kier alpha value is -1.51. The molecule has 4 saturated carbocycles. The number of likely N-dealkylation sites (tertiary alicyclic amines) is 1. The molecule has 6 aliphatic rings. The lowest BCUT2D eigenvalue weighted by Gasteiger charge is -2.63. The number of hydrogen-bond acceptors (Lipinski definition) is 7. The smallest absolute Gasteiger partial charge is 0.248 e. The van der Waals surface area contributed by atoms with E-state index in [4.69, 9.17) is 4.74 Å². The molecule has 0 aromatic rings. The second-order valence-corrected chi connectivity index (χ2v) is 13.4. The molecule has 8 heteroatoms. The van der Waals surface area contributed by atoms with E-state index in [0.29, 0.717) is 29.3 Å². The van der Waals surface area contributed by atoms with Gasteiger partial charge in [0.1, 0.15) is 6.54 Å². The number of nitrogens with zero attached hydrogens (tertiary/aromatic N) is 3. The Morgan fingerprint density at radius 2 is 1.97 bits per heavy atom. The van der Waals surface area contributed by atoms with E-state index in [2.05, 4.69) is 39.6 Å². The summed E-state index contributed by atoms with van der Waals surface area (Å²) in [5, 5.41) is 19.5. The molecule has 37 heavy (non-hydrogen) atoms. The molecule has 0 spiro atoms. The predicted molar refractivity (Wildman–Crippen MR) is 144 cm³/mol. The van der Waals surface area contributed by atoms with E-state index in [0.717, 1.165) is 44.8 Å². The van der Waals surface area contributed by atoms with Crippen LogP contribution in [0.2, 0.25) is 0 Å². The molecule has 0 aromatic heterocycles. The van der Waals surface area contributed by atoms with Gasteiger partial charge in [0.25, 0.3) is 0 Å². The second kappa shape index (κ2) is 9.91. The monoisotopic (exact) mass is 513 g/mol. The molecule has 2 heterocycles. The van der Waals surface area contributed by atoms with Crippen LogP contribution in [-0.2, 0) is 9.53 Å². The first-order valence-electron chi connectivity index (χ1n) is 15.0. The molecule has 8 nitrogen and oxygen atoms in total. The number of ether oxygens (including phenoxy) is 1. The fourth-order valence-electron chi connectivity index (χ4n) is 9.59. The Morgan fingerprint density at radius 3 is 2.76 bits per heavy atom. The van der Waals surface area contributed by atoms with Crippen LogP contribution < -0.4 is 10.7 Å². The molecule has 0 radical (unpaired) electrons. The maximum Gasteiger partial charge on any atom is 0.248 e. The van der Waals surface area contributed by atoms with E-state index in [9.17, 15) is 9.90 Å². The van der Waals surface area contributed by atoms with Crippen LogP contribution in [0.4, 0.5) is 0 Å². The average Bonchev–Trinajstić information content (AvgIpc) is 3.60. The van der Waals surface area contributed by atoms with Gasteiger partial charge in [-0.1, -0.05) is 13.8 Å². The molecule has 8 atom stereocenters. The molecular weight excluding hydrogens is 466 g/mol. The number of fused-ring (bicyclic) bond motifs is 5. The third-order valence-corrected chi connectivity index (χ3v) is 11.9. The molecule has 5 fully saturated rings. The SMILES string of the molecule is C[C@]12CC[C@H](OCCN3CCCC3)C[C@H]1CC[C@@H]1[C@@H]2CC[C@]2(C)[C@@H](/C=N/NC3=NCC(=O)N3)CC[C@]12O. The van der Waals surface area contributed by atoms with Crippen LogP contribution in [0.25, 0.3) is 0 Å². The van der Waals surface area contributed by atoms with Crippen LogP contribution in [-0.4, -0.2) is 72.6 Å². The fraction of sp³-hybridized carbons (Fsp3) is 0.897. The van der Waals surface area contributed by atoms with Crippen molar-refractivity contribution < 1.29 is 14.6 Å². The highest BCUT2D eigenvalue weighted by Crippen LogP contribution is 2.68. The maximum atomic E-state index is 12.4. The van der Waals surface area contributed by atoms with Crippen molar-refractivity contribution in [2.75, 3.05) is 32.8 Å². The minimum Gasteiger partial charge on any atom is -0.389 e. The largest absolute Gasteiger partial charge is 0.389 e. The van der Waals surface area contributed by atoms with Crippen LogP contribution in [0.15, 0.2) is 10.1 Å². The highest BCUT2D eigenvalue weighted by atomic mass is 16.5. The van der Waals surface area contributed by atoms with Gasteiger partial charge in [0.2, 0.25) is 11.9 Å². The number of amides is 1. The number of carbonyl (C=O) groups excluding carboxylic acids is 1. The lowest BCUT2D eigenvalue weighted by atomic mass is 9.43. The lowest BCUT2D eigenvalue weighted by molar-refractivity contribution is -0.207. The quantitative estimate of drug-likeness (QED) is 0.374. The highest BCUT2D eigenvalue weighted by molar-refractivity contribution is 6.02. The number of rotatable bonds is 6. The molecule has 6 rings (SSSR count). The second-order valence-electron chi connectivity index (χ2n) is 13.4. The maximum absolute atomic E-state index is 12.4. The molecule has 1 amide bonds. The van der Waals surface area contributed by atoms with Crippen LogP contribution in [0.5, 0.6) is 0 Å². The standard InChI is InChI=1S/C29H47N5O3/c1-27-10-8-22(37-16-15-34-13-3-4-14-34)17-20(27)5-6-24-23(27)9-11-28(2)21(7-12-29(24,28)36)18-31-33-26-30-19-25(35)32-26/h18,20-24,36H,3-17,19H2,1-2H3,(H2,30,32,33,35)/b31-18+/t20-,21-,22+,23+,24-,27+,28-,29+/m1/s1. The summed E-state index contributed by atoms with van der Waals surface area (Å²) < 4.78 is 6.43. The molecule has 4 aliphatic carbocycles. The van der Waals surface area contributed by atoms with Crippen molar-refractivity contribution in [2.45, 2.75) is 96.2 Å². The Balaban J connectivity index is 1.08. The average molecular weight is 514 g/mol. The van der Waals surface area contributed by atoms with Crippen LogP contribution in [0, 0.1) is 34.5 Å². The summed E-state index contributed by atoms with van der Waals surface area (Å²) in [7, 11) is 0. The number of hydrogen-bond donors (Lipinski definition) is 3. The topological polar surface area (TPSA) is 98.5 Å². The predicted octanol–water partition coefficient (Wildman–Crippen LogP) is 3.30. The summed E-state index contributed by atoms with van der Waals surface area (Å²) >= 11 is 0. The van der Waals surface area contributed by atoms with Gasteiger partial charge in [0.15, 0.2) is 0 Å². The van der Waals surface area contributed by atoms with E-state index in [-0.39, 0.29) is 23.8 Å². The van der Waals surface area contributed by atoms with Crippen molar-refractivity contribution in [1.29, 1.82) is 0 Å². The highest BCUT2D eigenvalue weighted by Gasteiger charge is 2.67. The molecule has 3 N–H and O–H groups in total. The minimum atomic E-state index is -0.622. The van der Waals surface area contributed by atoms with Gasteiger partial charge in [-0.15, -0.1) is 0 Å². The number of aliphatic hydroxyl groups is 1. The summed E-state index contributed by atoms with van der Waals surface area (Å²) in [6.07, 6.45) is 15.2. The van der Waals surface area contributed by atoms with Crippen LogP contribution in [0.1, 0.15) is 84.5 Å². The van der Waals surface area contributed by atoms with Gasteiger partial charge >= 0.3 is 0 Å². The van der Waals surface area contributed by atoms with Crippen molar-refractivity contribution >= 4 is 18.1 Å². The van der Waals surface area contributed by atoms with Gasteiger partial charge in [-0.3, -0.25) is 10.1 Å². The van der Waals surface area contributed by atoms with E-state index >= 15 is 0 Å². The zero-order valence-corrected chi connectivity index (χ0v) is 22.9. The van der Waals surface area contributed by atoms with Gasteiger partial charge < -0.3 is 14.7 Å². The minimum absolute atomic E-state index is 0.106. The Labute approximate surface area is 222 Å². The zero-order chi connectivity index (χ0) is 25.7. The molecule has 1 saturated heterocycles. The van der Waals surface area contributed by atoms with Crippen molar-refractivity contribution in [1.82, 2.24) is 15.6 Å². The summed E-state index contributed by atoms with van der Waals surface area (Å²) in [5.74, 6) is 2.25. The van der Waals surface area contributed by atoms with Gasteiger partial charge in [-0.2, -0.15) is 5.10 Å². The lowest BCUT2D eigenvalue weighted by Crippen LogP contribution is -2.62.